The Morgan fingerprint density at radius 3 is 2.50 bits per heavy atom. The molecule has 1 aliphatic heterocycles. The molecular formula is C27H36O7. The number of aryl methyl sites for hydroxylation is 1. The third kappa shape index (κ3) is 5.85. The maximum Gasteiger partial charge on any atom is 0.180 e. The lowest BCUT2D eigenvalue weighted by atomic mass is 9.88. The van der Waals surface area contributed by atoms with E-state index in [2.05, 4.69) is 18.7 Å². The van der Waals surface area contributed by atoms with Crippen LogP contribution in [0.1, 0.15) is 38.8 Å². The van der Waals surface area contributed by atoms with Crippen LogP contribution in [-0.4, -0.2) is 54.6 Å². The highest BCUT2D eigenvalue weighted by atomic mass is 17.2. The topological polar surface area (TPSA) is 94.5 Å². The molecule has 0 spiro atoms. The van der Waals surface area contributed by atoms with Gasteiger partial charge in [-0.3, -0.25) is 4.79 Å². The minimum Gasteiger partial charge on any atom is -0.460 e. The summed E-state index contributed by atoms with van der Waals surface area (Å²) in [6, 6.07) is 7.89. The zero-order valence-electron chi connectivity index (χ0n) is 20.8. The second kappa shape index (κ2) is 11.0. The van der Waals surface area contributed by atoms with Crippen LogP contribution >= 0.6 is 0 Å². The molecule has 1 saturated carbocycles. The van der Waals surface area contributed by atoms with Crippen LogP contribution in [0.15, 0.2) is 53.8 Å². The Morgan fingerprint density at radius 1 is 1.15 bits per heavy atom. The third-order valence-electron chi connectivity index (χ3n) is 6.02. The summed E-state index contributed by atoms with van der Waals surface area (Å²) in [5.74, 6) is 0.354. The van der Waals surface area contributed by atoms with Gasteiger partial charge >= 0.3 is 0 Å². The summed E-state index contributed by atoms with van der Waals surface area (Å²) in [5.41, 5.74) is 2.22. The van der Waals surface area contributed by atoms with Crippen LogP contribution in [0, 0.1) is 24.2 Å². The molecule has 0 amide bonds. The van der Waals surface area contributed by atoms with Gasteiger partial charge < -0.3 is 19.7 Å². The number of ether oxygens (including phenoxy) is 2. The van der Waals surface area contributed by atoms with E-state index in [4.69, 9.17) is 14.4 Å². The molecule has 4 atom stereocenters. The zero-order chi connectivity index (χ0) is 25.0. The van der Waals surface area contributed by atoms with Gasteiger partial charge in [-0.1, -0.05) is 58.0 Å². The maximum absolute atomic E-state index is 12.8. The van der Waals surface area contributed by atoms with Gasteiger partial charge in [0.1, 0.15) is 17.6 Å². The molecule has 4 unspecified atom stereocenters. The second-order valence-electron chi connectivity index (χ2n) is 9.99. The highest BCUT2D eigenvalue weighted by Crippen LogP contribution is 2.39. The van der Waals surface area contributed by atoms with E-state index >= 15 is 0 Å². The van der Waals surface area contributed by atoms with Gasteiger partial charge in [0.05, 0.1) is 25.7 Å². The highest BCUT2D eigenvalue weighted by molar-refractivity contribution is 5.91. The average Bonchev–Trinajstić information content (AvgIpc) is 2.97. The number of aliphatic hydroxyl groups excluding tert-OH is 2. The first kappa shape index (κ1) is 26.3. The molecule has 34 heavy (non-hydrogen) atoms. The molecule has 186 valence electrons. The first-order chi connectivity index (χ1) is 16.0. The number of aliphatic hydroxyl groups is 2. The van der Waals surface area contributed by atoms with E-state index < -0.39 is 35.4 Å². The Balaban J connectivity index is 1.99. The number of allylic oxidation sites excluding steroid dienone is 3. The van der Waals surface area contributed by atoms with Gasteiger partial charge in [-0.25, -0.2) is 9.78 Å². The lowest BCUT2D eigenvalue weighted by Crippen LogP contribution is -2.33. The fourth-order valence-electron chi connectivity index (χ4n) is 4.07. The number of rotatable bonds is 9. The Labute approximate surface area is 201 Å². The summed E-state index contributed by atoms with van der Waals surface area (Å²) in [5, 5.41) is 20.8. The lowest BCUT2D eigenvalue weighted by Gasteiger charge is -2.31. The van der Waals surface area contributed by atoms with Crippen LogP contribution in [0.25, 0.3) is 5.76 Å². The quantitative estimate of drug-likeness (QED) is 0.418. The summed E-state index contributed by atoms with van der Waals surface area (Å²) in [6.45, 7) is 11.4. The summed E-state index contributed by atoms with van der Waals surface area (Å²) >= 11 is 0. The van der Waals surface area contributed by atoms with Gasteiger partial charge in [0, 0.05) is 17.6 Å². The Hall–Kier alpha value is -2.29. The molecule has 0 saturated heterocycles. The number of hydrogen-bond acceptors (Lipinski definition) is 7. The molecule has 1 aromatic rings. The van der Waals surface area contributed by atoms with E-state index in [1.165, 1.54) is 7.11 Å². The minimum absolute atomic E-state index is 0.415. The van der Waals surface area contributed by atoms with Crippen LogP contribution < -0.4 is 0 Å². The van der Waals surface area contributed by atoms with Crippen LogP contribution in [0.4, 0.5) is 0 Å². The van der Waals surface area contributed by atoms with Crippen molar-refractivity contribution in [3.63, 3.8) is 0 Å². The minimum atomic E-state index is -1.38. The van der Waals surface area contributed by atoms with Gasteiger partial charge in [-0.2, -0.15) is 0 Å². The molecule has 7 heteroatoms. The van der Waals surface area contributed by atoms with Crippen molar-refractivity contribution < 1.29 is 34.3 Å². The molecule has 1 heterocycles. The second-order valence-corrected chi connectivity index (χ2v) is 9.99. The van der Waals surface area contributed by atoms with Crippen LogP contribution in [0.5, 0.6) is 0 Å². The van der Waals surface area contributed by atoms with Gasteiger partial charge in [-0.15, -0.1) is 0 Å². The van der Waals surface area contributed by atoms with E-state index in [1.807, 2.05) is 57.2 Å². The fraction of sp³-hybridized carbons (Fsp3) is 0.519. The Morgan fingerprint density at radius 2 is 1.85 bits per heavy atom. The number of carbonyl (C=O) groups excluding carboxylic acids is 1. The molecule has 0 bridgehead atoms. The molecule has 3 rings (SSSR count). The summed E-state index contributed by atoms with van der Waals surface area (Å²) in [6.07, 6.45) is 1.42. The molecule has 0 radical (unpaired) electrons. The number of Topliss-reactive ketones (excluding diaryl/α,β-unsaturated/α-hetero) is 1. The van der Waals surface area contributed by atoms with Gasteiger partial charge in [0.15, 0.2) is 11.9 Å². The molecule has 2 N–H and O–H groups in total. The highest BCUT2D eigenvalue weighted by Gasteiger charge is 2.49. The van der Waals surface area contributed by atoms with Crippen molar-refractivity contribution in [1.29, 1.82) is 0 Å². The molecule has 1 aliphatic carbocycles. The normalized spacial score (nSPS) is 26.6. The van der Waals surface area contributed by atoms with E-state index in [9.17, 15) is 15.0 Å². The summed E-state index contributed by atoms with van der Waals surface area (Å²) < 4.78 is 12.3. The molecule has 0 aromatic heterocycles. The first-order valence-electron chi connectivity index (χ1n) is 11.6. The van der Waals surface area contributed by atoms with Crippen molar-refractivity contribution in [3.05, 3.63) is 65.0 Å². The molecule has 1 aromatic carbocycles. The van der Waals surface area contributed by atoms with Crippen LogP contribution in [-0.2, 0) is 24.0 Å². The number of hydrogen-bond donors (Lipinski definition) is 2. The fourth-order valence-corrected chi connectivity index (χ4v) is 4.07. The summed E-state index contributed by atoms with van der Waals surface area (Å²) in [4.78, 5) is 22.3. The lowest BCUT2D eigenvalue weighted by molar-refractivity contribution is -0.309. The predicted octanol–water partition coefficient (Wildman–Crippen LogP) is 3.74. The number of benzene rings is 1. The van der Waals surface area contributed by atoms with E-state index in [0.29, 0.717) is 36.2 Å². The monoisotopic (exact) mass is 472 g/mol. The molecule has 2 aliphatic rings. The first-order valence-corrected chi connectivity index (χ1v) is 11.6. The largest absolute Gasteiger partial charge is 0.460 e. The van der Waals surface area contributed by atoms with Crippen LogP contribution in [0.2, 0.25) is 0 Å². The standard InChI is InChI=1S/C27H36O7/c1-16(2)14-32-15-27(4,5)22-13-18(12-21(33-22)19-10-8-7-9-17(19)3)11-20-23(28)25(30)26(24(20)29)34-31-6/h7-13,16,20,23,25-26,28,30H,14-15H2,1-6H3. The van der Waals surface area contributed by atoms with Crippen molar-refractivity contribution >= 4 is 11.5 Å². The number of ketones is 1. The SMILES string of the molecule is COOC1C(=O)C(C=C2C=C(c3ccccc3C)OC(C(C)(C)COCC(C)C)=C2)C(O)C1O. The van der Waals surface area contributed by atoms with Crippen molar-refractivity contribution in [1.82, 2.24) is 0 Å². The average molecular weight is 473 g/mol. The van der Waals surface area contributed by atoms with E-state index in [-0.39, 0.29) is 0 Å². The Bertz CT molecular complexity index is 973. The molecule has 7 nitrogen and oxygen atoms in total. The number of carbonyl (C=O) groups is 1. The van der Waals surface area contributed by atoms with Gasteiger partial charge in [-0.05, 0) is 36.1 Å². The van der Waals surface area contributed by atoms with Crippen molar-refractivity contribution in [3.8, 4) is 0 Å². The maximum atomic E-state index is 12.8. The smallest absolute Gasteiger partial charge is 0.180 e. The van der Waals surface area contributed by atoms with Crippen LogP contribution in [0.3, 0.4) is 0 Å². The third-order valence-corrected chi connectivity index (χ3v) is 6.02. The predicted molar refractivity (Wildman–Crippen MR) is 128 cm³/mol. The zero-order valence-corrected chi connectivity index (χ0v) is 20.8. The molecular weight excluding hydrogens is 436 g/mol. The van der Waals surface area contributed by atoms with Crippen molar-refractivity contribution in [2.24, 2.45) is 17.3 Å². The van der Waals surface area contributed by atoms with E-state index in [1.54, 1.807) is 6.08 Å². The van der Waals surface area contributed by atoms with Gasteiger partial charge in [0.25, 0.3) is 0 Å². The van der Waals surface area contributed by atoms with Crippen molar-refractivity contribution in [2.75, 3.05) is 20.3 Å². The van der Waals surface area contributed by atoms with Crippen molar-refractivity contribution in [2.45, 2.75) is 52.9 Å². The van der Waals surface area contributed by atoms with E-state index in [0.717, 1.165) is 11.1 Å². The summed E-state index contributed by atoms with van der Waals surface area (Å²) in [7, 11) is 1.26. The molecule has 1 fully saturated rings. The Kier molecular flexibility index (Phi) is 8.49. The van der Waals surface area contributed by atoms with Gasteiger partial charge in [0.2, 0.25) is 0 Å².